The molecule has 0 saturated heterocycles. The van der Waals surface area contributed by atoms with Crippen LogP contribution in [-0.4, -0.2) is 41.1 Å². The highest BCUT2D eigenvalue weighted by atomic mass is 32.2. The molecule has 0 amide bonds. The van der Waals surface area contributed by atoms with Gasteiger partial charge in [-0.3, -0.25) is 10.1 Å². The molecule has 0 radical (unpaired) electrons. The van der Waals surface area contributed by atoms with E-state index in [1.807, 2.05) is 38.4 Å². The Morgan fingerprint density at radius 2 is 1.85 bits per heavy atom. The second kappa shape index (κ2) is 8.33. The highest BCUT2D eigenvalue weighted by molar-refractivity contribution is 7.89. The van der Waals surface area contributed by atoms with Crippen molar-refractivity contribution in [1.29, 1.82) is 0 Å². The van der Waals surface area contributed by atoms with E-state index in [4.69, 9.17) is 9.88 Å². The number of nitrogens with one attached hydrogen (secondary N) is 2. The third-order valence-electron chi connectivity index (χ3n) is 4.21. The number of primary sulfonamides is 1. The second-order valence-corrected chi connectivity index (χ2v) is 7.83. The topological polar surface area (TPSA) is 129 Å². The third-order valence-corrected chi connectivity index (χ3v) is 5.12. The van der Waals surface area contributed by atoms with E-state index >= 15 is 0 Å². The summed E-state index contributed by atoms with van der Waals surface area (Å²) < 4.78 is 28.0. The summed E-state index contributed by atoms with van der Waals surface area (Å²) in [4.78, 5) is 11.5. The van der Waals surface area contributed by atoms with Gasteiger partial charge in [-0.1, -0.05) is 0 Å². The van der Waals surface area contributed by atoms with Crippen molar-refractivity contribution in [2.75, 3.05) is 33.1 Å². The zero-order valence-electron chi connectivity index (χ0n) is 15.3. The minimum Gasteiger partial charge on any atom is -0.497 e. The summed E-state index contributed by atoms with van der Waals surface area (Å²) in [5, 5.41) is 19.4. The van der Waals surface area contributed by atoms with Crippen LogP contribution in [0.15, 0.2) is 47.4 Å². The van der Waals surface area contributed by atoms with Gasteiger partial charge in [-0.05, 0) is 36.4 Å². The molecule has 0 aromatic heterocycles. The number of sulfonamides is 1. The molecule has 0 aliphatic carbocycles. The van der Waals surface area contributed by atoms with Crippen LogP contribution in [0.5, 0.6) is 5.75 Å². The van der Waals surface area contributed by atoms with E-state index in [0.29, 0.717) is 6.54 Å². The van der Waals surface area contributed by atoms with Crippen LogP contribution in [0.4, 0.5) is 11.4 Å². The van der Waals surface area contributed by atoms with E-state index in [9.17, 15) is 18.5 Å². The normalized spacial score (nSPS) is 12.6. The quantitative estimate of drug-likeness (QED) is 0.442. The number of methoxy groups -OCH3 is 1. The van der Waals surface area contributed by atoms with Crippen LogP contribution in [0.2, 0.25) is 0 Å². The van der Waals surface area contributed by atoms with E-state index in [0.717, 1.165) is 22.3 Å². The highest BCUT2D eigenvalue weighted by Gasteiger charge is 2.22. The van der Waals surface area contributed by atoms with Gasteiger partial charge in [-0.2, -0.15) is 0 Å². The van der Waals surface area contributed by atoms with Crippen LogP contribution >= 0.6 is 0 Å². The summed E-state index contributed by atoms with van der Waals surface area (Å²) in [7, 11) is 1.54. The van der Waals surface area contributed by atoms with Gasteiger partial charge in [-0.15, -0.1) is 0 Å². The third kappa shape index (κ3) is 5.16. The number of benzene rings is 2. The van der Waals surface area contributed by atoms with E-state index in [2.05, 4.69) is 5.32 Å². The highest BCUT2D eigenvalue weighted by Crippen LogP contribution is 2.27. The molecule has 0 saturated carbocycles. The number of ether oxygens (including phenoxy) is 1. The van der Waals surface area contributed by atoms with Crippen LogP contribution < -0.4 is 20.1 Å². The van der Waals surface area contributed by atoms with Crippen molar-refractivity contribution < 1.29 is 23.0 Å². The van der Waals surface area contributed by atoms with Gasteiger partial charge < -0.3 is 15.0 Å². The lowest BCUT2D eigenvalue weighted by Crippen LogP contribution is -3.06. The van der Waals surface area contributed by atoms with Crippen molar-refractivity contribution in [3.05, 3.63) is 58.1 Å². The zero-order valence-corrected chi connectivity index (χ0v) is 16.1. The Bertz CT molecular complexity index is 913. The second-order valence-electron chi connectivity index (χ2n) is 6.27. The van der Waals surface area contributed by atoms with E-state index in [1.165, 1.54) is 12.1 Å². The lowest BCUT2D eigenvalue weighted by Gasteiger charge is -2.23. The van der Waals surface area contributed by atoms with Crippen molar-refractivity contribution in [2.24, 2.45) is 5.14 Å². The van der Waals surface area contributed by atoms with Gasteiger partial charge in [0.2, 0.25) is 10.0 Å². The summed E-state index contributed by atoms with van der Waals surface area (Å²) in [6, 6.07) is 11.2. The maximum absolute atomic E-state index is 11.4. The molecular weight excluding hydrogens is 372 g/mol. The Hall–Kier alpha value is -2.69. The number of quaternary nitrogens is 1. The van der Waals surface area contributed by atoms with E-state index < -0.39 is 14.9 Å². The Balaban J connectivity index is 2.27. The number of hydrogen-bond acceptors (Lipinski definition) is 6. The first kappa shape index (κ1) is 20.6. The van der Waals surface area contributed by atoms with Gasteiger partial charge >= 0.3 is 0 Å². The molecule has 4 N–H and O–H groups in total. The number of rotatable bonds is 8. The molecule has 1 atom stereocenters. The molecule has 10 heteroatoms. The van der Waals surface area contributed by atoms with Crippen LogP contribution in [-0.2, 0) is 10.0 Å². The van der Waals surface area contributed by atoms with Gasteiger partial charge in [0.1, 0.15) is 17.5 Å². The van der Waals surface area contributed by atoms with Crippen LogP contribution in [0.3, 0.4) is 0 Å². The molecule has 0 unspecified atom stereocenters. The largest absolute Gasteiger partial charge is 0.497 e. The first-order valence-electron chi connectivity index (χ1n) is 8.12. The summed E-state index contributed by atoms with van der Waals surface area (Å²) in [5.74, 6) is 0.744. The van der Waals surface area contributed by atoms with Gasteiger partial charge in [0.25, 0.3) is 5.69 Å². The number of likely N-dealkylation sites (N-methyl/N-ethyl adjacent to an activating group) is 1. The van der Waals surface area contributed by atoms with Crippen molar-refractivity contribution in [3.63, 3.8) is 0 Å². The van der Waals surface area contributed by atoms with E-state index in [-0.39, 0.29) is 22.3 Å². The predicted molar refractivity (Wildman–Crippen MR) is 102 cm³/mol. The number of nitro benzene ring substituents is 1. The molecule has 9 nitrogen and oxygen atoms in total. The molecule has 2 rings (SSSR count). The minimum atomic E-state index is -4.02. The number of nitrogens with two attached hydrogens (primary N) is 1. The van der Waals surface area contributed by atoms with Crippen molar-refractivity contribution in [2.45, 2.75) is 10.9 Å². The maximum atomic E-state index is 11.4. The standard InChI is InChI=1S/C17H22N4O5S/c1-20(2)17(12-4-6-13(26-3)7-5-12)11-19-15-9-8-14(27(18,24)25)10-16(15)21(22)23/h4-10,17,19H,11H2,1-3H3,(H2,18,24,25)/p+1/t17-/m0/s1. The average Bonchev–Trinajstić information content (AvgIpc) is 2.61. The lowest BCUT2D eigenvalue weighted by molar-refractivity contribution is -0.890. The fourth-order valence-corrected chi connectivity index (χ4v) is 3.23. The van der Waals surface area contributed by atoms with Crippen LogP contribution in [0, 0.1) is 10.1 Å². The first-order chi connectivity index (χ1) is 12.6. The molecule has 0 fully saturated rings. The molecule has 0 bridgehead atoms. The minimum absolute atomic E-state index is 0.00780. The predicted octanol–water partition coefficient (Wildman–Crippen LogP) is 0.549. The Morgan fingerprint density at radius 3 is 2.33 bits per heavy atom. The molecular formula is C17H23N4O5S+. The number of anilines is 1. The molecule has 0 aliphatic heterocycles. The monoisotopic (exact) mass is 395 g/mol. The van der Waals surface area contributed by atoms with Gasteiger partial charge in [-0.25, -0.2) is 13.6 Å². The van der Waals surface area contributed by atoms with Crippen molar-refractivity contribution in [1.82, 2.24) is 0 Å². The SMILES string of the molecule is COc1ccc([C@H](CNc2ccc(S(N)(=O)=O)cc2[N+](=O)[O-])[NH+](C)C)cc1. The summed E-state index contributed by atoms with van der Waals surface area (Å²) in [5.41, 5.74) is 0.919. The molecule has 146 valence electrons. The Kier molecular flexibility index (Phi) is 6.37. The number of nitro groups is 1. The smallest absolute Gasteiger partial charge is 0.293 e. The Morgan fingerprint density at radius 1 is 1.22 bits per heavy atom. The summed E-state index contributed by atoms with van der Waals surface area (Å²) in [6.07, 6.45) is 0. The van der Waals surface area contributed by atoms with Crippen LogP contribution in [0.25, 0.3) is 0 Å². The first-order valence-corrected chi connectivity index (χ1v) is 9.67. The summed E-state index contributed by atoms with van der Waals surface area (Å²) in [6.45, 7) is 0.407. The zero-order chi connectivity index (χ0) is 20.2. The molecule has 0 spiro atoms. The van der Waals surface area contributed by atoms with Gasteiger partial charge in [0, 0.05) is 11.6 Å². The van der Waals surface area contributed by atoms with Gasteiger partial charge in [0.15, 0.2) is 0 Å². The molecule has 27 heavy (non-hydrogen) atoms. The fraction of sp³-hybridized carbons (Fsp3) is 0.294. The van der Waals surface area contributed by atoms with Crippen molar-refractivity contribution >= 4 is 21.4 Å². The number of nitrogens with zero attached hydrogens (tertiary/aromatic N) is 1. The molecule has 0 aliphatic rings. The molecule has 2 aromatic rings. The summed E-state index contributed by atoms with van der Waals surface area (Å²) >= 11 is 0. The number of hydrogen-bond donors (Lipinski definition) is 3. The lowest BCUT2D eigenvalue weighted by atomic mass is 10.1. The van der Waals surface area contributed by atoms with Crippen molar-refractivity contribution in [3.8, 4) is 5.75 Å². The maximum Gasteiger partial charge on any atom is 0.293 e. The fourth-order valence-electron chi connectivity index (χ4n) is 2.69. The van der Waals surface area contributed by atoms with E-state index in [1.54, 1.807) is 7.11 Å². The molecule has 0 heterocycles. The average molecular weight is 395 g/mol. The Labute approximate surface area is 157 Å². The molecule has 2 aromatic carbocycles. The van der Waals surface area contributed by atoms with Crippen LogP contribution in [0.1, 0.15) is 11.6 Å². The van der Waals surface area contributed by atoms with Gasteiger partial charge in [0.05, 0.1) is 37.6 Å².